The molecule has 6 heteroatoms. The van der Waals surface area contributed by atoms with Crippen molar-refractivity contribution >= 4 is 28.3 Å². The van der Waals surface area contributed by atoms with E-state index in [1.165, 1.54) is 11.3 Å². The second-order valence-electron chi connectivity index (χ2n) is 4.70. The molecule has 3 rings (SSSR count). The molecule has 0 aliphatic carbocycles. The van der Waals surface area contributed by atoms with Crippen LogP contribution in [0.3, 0.4) is 0 Å². The zero-order chi connectivity index (χ0) is 15.0. The van der Waals surface area contributed by atoms with Crippen LogP contribution in [0.4, 0.5) is 0 Å². The van der Waals surface area contributed by atoms with Crippen LogP contribution in [0.15, 0.2) is 38.9 Å². The maximum absolute atomic E-state index is 12.1. The summed E-state index contributed by atoms with van der Waals surface area (Å²) in [5, 5.41) is 11.7. The molecule has 1 aromatic carbocycles. The van der Waals surface area contributed by atoms with Gasteiger partial charge in [-0.2, -0.15) is 0 Å². The van der Waals surface area contributed by atoms with E-state index >= 15 is 0 Å². The normalized spacial score (nSPS) is 10.9. The molecule has 0 aliphatic rings. The number of rotatable bonds is 3. The number of thiazole rings is 1. The minimum absolute atomic E-state index is 0.158. The van der Waals surface area contributed by atoms with E-state index in [2.05, 4.69) is 4.98 Å². The number of carboxylic acid groups (broad SMARTS) is 1. The fraction of sp³-hybridized carbons (Fsp3) is 0.133. The number of aliphatic carboxylic acids is 1. The molecular formula is C15H11NO4S. The Balaban J connectivity index is 2.09. The summed E-state index contributed by atoms with van der Waals surface area (Å²) in [6.07, 6.45) is -0.158. The van der Waals surface area contributed by atoms with E-state index in [-0.39, 0.29) is 6.42 Å². The van der Waals surface area contributed by atoms with Crippen LogP contribution in [0.2, 0.25) is 0 Å². The predicted octanol–water partition coefficient (Wildman–Crippen LogP) is 2.85. The first-order valence-electron chi connectivity index (χ1n) is 6.24. The lowest BCUT2D eigenvalue weighted by Gasteiger charge is -2.00. The van der Waals surface area contributed by atoms with Gasteiger partial charge in [0.15, 0.2) is 0 Å². The van der Waals surface area contributed by atoms with Gasteiger partial charge in [0.25, 0.3) is 0 Å². The van der Waals surface area contributed by atoms with Crippen molar-refractivity contribution in [3.8, 4) is 10.6 Å². The quantitative estimate of drug-likeness (QED) is 0.752. The van der Waals surface area contributed by atoms with Crippen molar-refractivity contribution in [3.63, 3.8) is 0 Å². The number of aromatic nitrogens is 1. The highest BCUT2D eigenvalue weighted by atomic mass is 32.1. The Morgan fingerprint density at radius 3 is 2.95 bits per heavy atom. The third kappa shape index (κ3) is 2.71. The van der Waals surface area contributed by atoms with Gasteiger partial charge in [-0.1, -0.05) is 12.1 Å². The molecule has 0 amide bonds. The van der Waals surface area contributed by atoms with E-state index in [0.717, 1.165) is 10.9 Å². The number of hydrogen-bond acceptors (Lipinski definition) is 5. The van der Waals surface area contributed by atoms with E-state index in [4.69, 9.17) is 9.52 Å². The molecule has 3 aromatic rings. The van der Waals surface area contributed by atoms with Crippen molar-refractivity contribution in [1.82, 2.24) is 4.98 Å². The molecule has 21 heavy (non-hydrogen) atoms. The Labute approximate surface area is 123 Å². The van der Waals surface area contributed by atoms with E-state index in [0.29, 0.717) is 21.8 Å². The Hall–Kier alpha value is -2.47. The Morgan fingerprint density at radius 1 is 1.38 bits per heavy atom. The highest BCUT2D eigenvalue weighted by molar-refractivity contribution is 7.13. The van der Waals surface area contributed by atoms with Gasteiger partial charge >= 0.3 is 11.6 Å². The molecule has 0 fully saturated rings. The number of nitrogens with zero attached hydrogens (tertiary/aromatic N) is 1. The van der Waals surface area contributed by atoms with Gasteiger partial charge in [-0.25, -0.2) is 9.78 Å². The van der Waals surface area contributed by atoms with Crippen molar-refractivity contribution in [2.75, 3.05) is 0 Å². The standard InChI is InChI=1S/C15H11NO4S/c1-8-2-3-9-5-11(15(19)20-12(9)4-8)14-16-10(7-21-14)6-13(17)18/h2-5,7H,6H2,1H3,(H,17,18). The summed E-state index contributed by atoms with van der Waals surface area (Å²) < 4.78 is 5.31. The second-order valence-corrected chi connectivity index (χ2v) is 5.56. The van der Waals surface area contributed by atoms with E-state index < -0.39 is 11.6 Å². The van der Waals surface area contributed by atoms with Crippen LogP contribution in [0, 0.1) is 6.92 Å². The molecule has 2 heterocycles. The SMILES string of the molecule is Cc1ccc2cc(-c3nc(CC(=O)O)cs3)c(=O)oc2c1. The summed E-state index contributed by atoms with van der Waals surface area (Å²) in [5.41, 5.74) is 1.87. The van der Waals surface area contributed by atoms with Crippen LogP contribution >= 0.6 is 11.3 Å². The summed E-state index contributed by atoms with van der Waals surface area (Å²) in [4.78, 5) is 26.9. The molecule has 5 nitrogen and oxygen atoms in total. The molecule has 0 spiro atoms. The zero-order valence-electron chi connectivity index (χ0n) is 11.1. The second kappa shape index (κ2) is 5.14. The largest absolute Gasteiger partial charge is 0.481 e. The third-order valence-electron chi connectivity index (χ3n) is 3.01. The molecule has 1 N–H and O–H groups in total. The first kappa shape index (κ1) is 13.5. The number of hydrogen-bond donors (Lipinski definition) is 1. The van der Waals surface area contributed by atoms with Crippen molar-refractivity contribution in [2.24, 2.45) is 0 Å². The zero-order valence-corrected chi connectivity index (χ0v) is 11.9. The number of carbonyl (C=O) groups is 1. The van der Waals surface area contributed by atoms with Crippen LogP contribution in [0.1, 0.15) is 11.3 Å². The third-order valence-corrected chi connectivity index (χ3v) is 3.93. The first-order valence-corrected chi connectivity index (χ1v) is 7.12. The van der Waals surface area contributed by atoms with Gasteiger partial charge in [0.1, 0.15) is 10.6 Å². The van der Waals surface area contributed by atoms with Crippen LogP contribution in [-0.2, 0) is 11.2 Å². The van der Waals surface area contributed by atoms with Gasteiger partial charge in [-0.05, 0) is 24.6 Å². The lowest BCUT2D eigenvalue weighted by atomic mass is 10.1. The number of aryl methyl sites for hydroxylation is 1. The van der Waals surface area contributed by atoms with Crippen LogP contribution in [0.25, 0.3) is 21.5 Å². The van der Waals surface area contributed by atoms with Gasteiger partial charge in [0.05, 0.1) is 17.7 Å². The molecule has 0 radical (unpaired) electrons. The lowest BCUT2D eigenvalue weighted by molar-refractivity contribution is -0.136. The van der Waals surface area contributed by atoms with Gasteiger partial charge in [-0.15, -0.1) is 11.3 Å². The number of benzene rings is 1. The summed E-state index contributed by atoms with van der Waals surface area (Å²) in [5.74, 6) is -0.951. The van der Waals surface area contributed by atoms with Crippen LogP contribution < -0.4 is 5.63 Å². The van der Waals surface area contributed by atoms with Gasteiger partial charge in [0, 0.05) is 10.8 Å². The Kier molecular flexibility index (Phi) is 3.31. The highest BCUT2D eigenvalue weighted by Gasteiger charge is 2.13. The molecule has 2 aromatic heterocycles. The fourth-order valence-corrected chi connectivity index (χ4v) is 2.86. The van der Waals surface area contributed by atoms with Crippen molar-refractivity contribution in [1.29, 1.82) is 0 Å². The molecule has 0 bridgehead atoms. The molecule has 0 saturated heterocycles. The maximum atomic E-state index is 12.1. The van der Waals surface area contributed by atoms with Gasteiger partial charge in [-0.3, -0.25) is 4.79 Å². The van der Waals surface area contributed by atoms with Crippen LogP contribution in [0.5, 0.6) is 0 Å². The summed E-state index contributed by atoms with van der Waals surface area (Å²) >= 11 is 1.24. The molecule has 0 atom stereocenters. The molecule has 0 saturated carbocycles. The van der Waals surface area contributed by atoms with E-state index in [1.807, 2.05) is 19.1 Å². The molecule has 106 valence electrons. The minimum Gasteiger partial charge on any atom is -0.481 e. The molecule has 0 unspecified atom stereocenters. The predicted molar refractivity (Wildman–Crippen MR) is 79.7 cm³/mol. The van der Waals surface area contributed by atoms with E-state index in [9.17, 15) is 9.59 Å². The monoisotopic (exact) mass is 301 g/mol. The number of fused-ring (bicyclic) bond motifs is 1. The minimum atomic E-state index is -0.951. The Bertz CT molecular complexity index is 894. The van der Waals surface area contributed by atoms with E-state index in [1.54, 1.807) is 17.5 Å². The van der Waals surface area contributed by atoms with Crippen molar-refractivity contribution in [2.45, 2.75) is 13.3 Å². The lowest BCUT2D eigenvalue weighted by Crippen LogP contribution is -2.03. The average Bonchev–Trinajstić information content (AvgIpc) is 2.85. The van der Waals surface area contributed by atoms with Crippen LogP contribution in [-0.4, -0.2) is 16.1 Å². The molecule has 0 aliphatic heterocycles. The smallest absolute Gasteiger partial charge is 0.346 e. The highest BCUT2D eigenvalue weighted by Crippen LogP contribution is 2.24. The molecular weight excluding hydrogens is 290 g/mol. The average molecular weight is 301 g/mol. The van der Waals surface area contributed by atoms with Gasteiger partial charge < -0.3 is 9.52 Å². The maximum Gasteiger partial charge on any atom is 0.346 e. The van der Waals surface area contributed by atoms with Gasteiger partial charge in [0.2, 0.25) is 0 Å². The first-order chi connectivity index (χ1) is 10.0. The fourth-order valence-electron chi connectivity index (χ4n) is 2.03. The number of carboxylic acids is 1. The summed E-state index contributed by atoms with van der Waals surface area (Å²) in [7, 11) is 0. The Morgan fingerprint density at radius 2 is 2.19 bits per heavy atom. The topological polar surface area (TPSA) is 80.4 Å². The summed E-state index contributed by atoms with van der Waals surface area (Å²) in [6, 6.07) is 7.34. The summed E-state index contributed by atoms with van der Waals surface area (Å²) in [6.45, 7) is 1.92. The van der Waals surface area contributed by atoms with Crippen molar-refractivity contribution in [3.05, 3.63) is 51.3 Å². The van der Waals surface area contributed by atoms with Crippen molar-refractivity contribution < 1.29 is 14.3 Å².